The Morgan fingerprint density at radius 3 is 2.58 bits per heavy atom. The van der Waals surface area contributed by atoms with E-state index < -0.39 is 0 Å². The molecule has 1 aliphatic carbocycles. The average Bonchev–Trinajstić information content (AvgIpc) is 3.03. The van der Waals surface area contributed by atoms with Gasteiger partial charge >= 0.3 is 0 Å². The van der Waals surface area contributed by atoms with Crippen molar-refractivity contribution >= 4 is 27.7 Å². The van der Waals surface area contributed by atoms with Gasteiger partial charge in [0, 0.05) is 16.8 Å². The Balaban J connectivity index is 1.83. The molecule has 1 saturated carbocycles. The molecule has 19 heavy (non-hydrogen) atoms. The summed E-state index contributed by atoms with van der Waals surface area (Å²) in [7, 11) is 2.11. The molecule has 0 unspecified atom stereocenters. The SMILES string of the molecule is Cn1c(-c2ccc(Br)cc2)cnc1SC1CCCC1. The van der Waals surface area contributed by atoms with E-state index in [2.05, 4.69) is 56.8 Å². The van der Waals surface area contributed by atoms with Gasteiger partial charge < -0.3 is 4.57 Å². The van der Waals surface area contributed by atoms with Gasteiger partial charge in [-0.1, -0.05) is 52.7 Å². The first-order valence-corrected chi connectivity index (χ1v) is 8.35. The van der Waals surface area contributed by atoms with Gasteiger partial charge in [0.25, 0.3) is 0 Å². The first kappa shape index (κ1) is 13.3. The van der Waals surface area contributed by atoms with Crippen LogP contribution in [0.15, 0.2) is 40.1 Å². The van der Waals surface area contributed by atoms with Crippen LogP contribution in [0.3, 0.4) is 0 Å². The summed E-state index contributed by atoms with van der Waals surface area (Å²) >= 11 is 5.41. The molecule has 0 amide bonds. The number of halogens is 1. The lowest BCUT2D eigenvalue weighted by molar-refractivity contribution is 0.786. The fourth-order valence-electron chi connectivity index (χ4n) is 2.55. The normalized spacial score (nSPS) is 16.1. The third-order valence-corrected chi connectivity index (χ3v) is 5.58. The van der Waals surface area contributed by atoms with E-state index >= 15 is 0 Å². The molecule has 0 spiro atoms. The lowest BCUT2D eigenvalue weighted by Crippen LogP contribution is -1.99. The molecule has 1 aliphatic rings. The minimum absolute atomic E-state index is 0.763. The maximum Gasteiger partial charge on any atom is 0.168 e. The summed E-state index contributed by atoms with van der Waals surface area (Å²) in [4.78, 5) is 4.59. The summed E-state index contributed by atoms with van der Waals surface area (Å²) in [6.45, 7) is 0. The van der Waals surface area contributed by atoms with Crippen molar-refractivity contribution in [3.8, 4) is 11.3 Å². The topological polar surface area (TPSA) is 17.8 Å². The monoisotopic (exact) mass is 336 g/mol. The van der Waals surface area contributed by atoms with Crippen molar-refractivity contribution in [3.63, 3.8) is 0 Å². The highest BCUT2D eigenvalue weighted by molar-refractivity contribution is 9.10. The minimum atomic E-state index is 0.763. The van der Waals surface area contributed by atoms with Gasteiger partial charge in [0.2, 0.25) is 0 Å². The molecule has 2 aromatic rings. The summed E-state index contributed by atoms with van der Waals surface area (Å²) in [5.41, 5.74) is 2.41. The number of nitrogens with zero attached hydrogens (tertiary/aromatic N) is 2. The van der Waals surface area contributed by atoms with Gasteiger partial charge in [-0.15, -0.1) is 0 Å². The smallest absolute Gasteiger partial charge is 0.168 e. The number of hydrogen-bond acceptors (Lipinski definition) is 2. The van der Waals surface area contributed by atoms with Crippen molar-refractivity contribution in [2.24, 2.45) is 7.05 Å². The average molecular weight is 337 g/mol. The van der Waals surface area contributed by atoms with Gasteiger partial charge in [-0.25, -0.2) is 4.98 Å². The van der Waals surface area contributed by atoms with E-state index in [9.17, 15) is 0 Å². The van der Waals surface area contributed by atoms with Crippen LogP contribution < -0.4 is 0 Å². The Hall–Kier alpha value is -0.740. The summed E-state index contributed by atoms with van der Waals surface area (Å²) in [6.07, 6.45) is 7.42. The van der Waals surface area contributed by atoms with Gasteiger partial charge in [0.15, 0.2) is 5.16 Å². The van der Waals surface area contributed by atoms with Gasteiger partial charge in [-0.2, -0.15) is 0 Å². The highest BCUT2D eigenvalue weighted by atomic mass is 79.9. The second kappa shape index (κ2) is 5.71. The van der Waals surface area contributed by atoms with E-state index in [1.54, 1.807) is 0 Å². The molecule has 0 radical (unpaired) electrons. The Kier molecular flexibility index (Phi) is 3.99. The molecule has 100 valence electrons. The first-order valence-electron chi connectivity index (χ1n) is 6.68. The first-order chi connectivity index (χ1) is 9.24. The van der Waals surface area contributed by atoms with Crippen LogP contribution in [-0.2, 0) is 7.05 Å². The molecule has 0 bridgehead atoms. The zero-order valence-corrected chi connectivity index (χ0v) is 13.4. The van der Waals surface area contributed by atoms with E-state index in [0.717, 1.165) is 14.9 Å². The minimum Gasteiger partial charge on any atom is -0.322 e. The van der Waals surface area contributed by atoms with Crippen molar-refractivity contribution in [3.05, 3.63) is 34.9 Å². The fourth-order valence-corrected chi connectivity index (χ4v) is 4.05. The van der Waals surface area contributed by atoms with Gasteiger partial charge in [-0.05, 0) is 30.5 Å². The maximum absolute atomic E-state index is 4.59. The molecule has 1 heterocycles. The predicted molar refractivity (Wildman–Crippen MR) is 84.5 cm³/mol. The van der Waals surface area contributed by atoms with Crippen molar-refractivity contribution in [2.75, 3.05) is 0 Å². The van der Waals surface area contributed by atoms with Crippen LogP contribution in [0.5, 0.6) is 0 Å². The van der Waals surface area contributed by atoms with Gasteiger partial charge in [-0.3, -0.25) is 0 Å². The number of rotatable bonds is 3. The van der Waals surface area contributed by atoms with Gasteiger partial charge in [0.05, 0.1) is 11.9 Å². The van der Waals surface area contributed by atoms with E-state index in [1.807, 2.05) is 18.0 Å². The second-order valence-electron chi connectivity index (χ2n) is 5.02. The predicted octanol–water partition coefficient (Wildman–Crippen LogP) is 4.88. The molecule has 1 aromatic carbocycles. The van der Waals surface area contributed by atoms with E-state index in [0.29, 0.717) is 0 Å². The van der Waals surface area contributed by atoms with Crippen molar-refractivity contribution in [2.45, 2.75) is 36.1 Å². The van der Waals surface area contributed by atoms with Gasteiger partial charge in [0.1, 0.15) is 0 Å². The van der Waals surface area contributed by atoms with E-state index in [-0.39, 0.29) is 0 Å². The molecule has 0 saturated heterocycles. The molecule has 1 aromatic heterocycles. The number of thioether (sulfide) groups is 1. The molecule has 2 nitrogen and oxygen atoms in total. The molecule has 0 N–H and O–H groups in total. The summed E-state index contributed by atoms with van der Waals surface area (Å²) in [5, 5.41) is 1.91. The molecule has 0 atom stereocenters. The zero-order valence-electron chi connectivity index (χ0n) is 11.0. The van der Waals surface area contributed by atoms with Crippen molar-refractivity contribution < 1.29 is 0 Å². The number of hydrogen-bond donors (Lipinski definition) is 0. The summed E-state index contributed by atoms with van der Waals surface area (Å²) < 4.78 is 3.32. The van der Waals surface area contributed by atoms with Crippen LogP contribution in [0.2, 0.25) is 0 Å². The molecular weight excluding hydrogens is 320 g/mol. The molecule has 1 fully saturated rings. The molecule has 0 aliphatic heterocycles. The highest BCUT2D eigenvalue weighted by Crippen LogP contribution is 2.35. The summed E-state index contributed by atoms with van der Waals surface area (Å²) in [6, 6.07) is 8.41. The van der Waals surface area contributed by atoms with Crippen molar-refractivity contribution in [1.82, 2.24) is 9.55 Å². The molecular formula is C15H17BrN2S. The Morgan fingerprint density at radius 2 is 1.89 bits per heavy atom. The molecule has 4 heteroatoms. The number of imidazole rings is 1. The van der Waals surface area contributed by atoms with Crippen LogP contribution in [0.4, 0.5) is 0 Å². The third-order valence-electron chi connectivity index (χ3n) is 3.66. The fraction of sp³-hybridized carbons (Fsp3) is 0.400. The maximum atomic E-state index is 4.59. The number of benzene rings is 1. The quantitative estimate of drug-likeness (QED) is 0.794. The Bertz CT molecular complexity index is 556. The Morgan fingerprint density at radius 1 is 1.21 bits per heavy atom. The summed E-state index contributed by atoms with van der Waals surface area (Å²) in [5.74, 6) is 0. The van der Waals surface area contributed by atoms with Crippen LogP contribution >= 0.6 is 27.7 Å². The number of aromatic nitrogens is 2. The molecule has 3 rings (SSSR count). The van der Waals surface area contributed by atoms with Crippen LogP contribution in [-0.4, -0.2) is 14.8 Å². The standard InChI is InChI=1S/C15H17BrN2S/c1-18-14(11-6-8-12(16)9-7-11)10-17-15(18)19-13-4-2-3-5-13/h6-10,13H,2-5H2,1H3. The highest BCUT2D eigenvalue weighted by Gasteiger charge is 2.19. The van der Waals surface area contributed by atoms with E-state index in [4.69, 9.17) is 0 Å². The third kappa shape index (κ3) is 2.90. The van der Waals surface area contributed by atoms with Crippen LogP contribution in [0, 0.1) is 0 Å². The largest absolute Gasteiger partial charge is 0.322 e. The van der Waals surface area contributed by atoms with Crippen molar-refractivity contribution in [1.29, 1.82) is 0 Å². The second-order valence-corrected chi connectivity index (χ2v) is 7.20. The zero-order chi connectivity index (χ0) is 13.2. The lowest BCUT2D eigenvalue weighted by atomic mass is 10.2. The lowest BCUT2D eigenvalue weighted by Gasteiger charge is -2.09. The van der Waals surface area contributed by atoms with Crippen LogP contribution in [0.25, 0.3) is 11.3 Å². The van der Waals surface area contributed by atoms with Crippen LogP contribution in [0.1, 0.15) is 25.7 Å². The Labute approximate surface area is 126 Å². The van der Waals surface area contributed by atoms with E-state index in [1.165, 1.54) is 36.9 Å².